The highest BCUT2D eigenvalue weighted by Gasteiger charge is 2.44. The zero-order chi connectivity index (χ0) is 16.6. The Morgan fingerprint density at radius 1 is 1.33 bits per heavy atom. The number of rotatable bonds is 6. The Morgan fingerprint density at radius 3 is 3.00 bits per heavy atom. The highest BCUT2D eigenvalue weighted by atomic mass is 35.5. The third-order valence-corrected chi connectivity index (χ3v) is 5.31. The van der Waals surface area contributed by atoms with Crippen LogP contribution >= 0.6 is 11.6 Å². The van der Waals surface area contributed by atoms with E-state index in [1.807, 2.05) is 23.1 Å². The van der Waals surface area contributed by atoms with Gasteiger partial charge >= 0.3 is 0 Å². The van der Waals surface area contributed by atoms with Gasteiger partial charge in [0.05, 0.1) is 17.8 Å². The summed E-state index contributed by atoms with van der Waals surface area (Å²) in [7, 11) is 0. The number of nitrogens with zero attached hydrogens (tertiary/aromatic N) is 5. The summed E-state index contributed by atoms with van der Waals surface area (Å²) < 4.78 is 2.03. The number of halogens is 1. The Kier molecular flexibility index (Phi) is 4.02. The Bertz CT molecular complexity index is 832. The molecule has 0 spiro atoms. The first-order valence-corrected chi connectivity index (χ1v) is 8.91. The zero-order valence-electron chi connectivity index (χ0n) is 13.7. The van der Waals surface area contributed by atoms with Crippen LogP contribution in [-0.4, -0.2) is 55.1 Å². The van der Waals surface area contributed by atoms with Gasteiger partial charge in [0.15, 0.2) is 0 Å². The highest BCUT2D eigenvalue weighted by Crippen LogP contribution is 2.32. The second kappa shape index (κ2) is 6.18. The number of nitrogens with one attached hydrogen (secondary N) is 1. The van der Waals surface area contributed by atoms with Gasteiger partial charge in [-0.3, -0.25) is 9.58 Å². The van der Waals surface area contributed by atoms with E-state index in [1.165, 1.54) is 12.8 Å². The third-order valence-electron chi connectivity index (χ3n) is 4.81. The van der Waals surface area contributed by atoms with Crippen molar-refractivity contribution in [3.05, 3.63) is 31.0 Å². The molecule has 0 bridgehead atoms. The van der Waals surface area contributed by atoms with Gasteiger partial charge in [-0.1, -0.05) is 13.3 Å². The summed E-state index contributed by atoms with van der Waals surface area (Å²) in [5.74, 6) is 0.570. The topological polar surface area (TPSA) is 62.6 Å². The zero-order valence-corrected chi connectivity index (χ0v) is 14.5. The number of hydrogen-bond acceptors (Lipinski definition) is 4. The molecule has 0 amide bonds. The van der Waals surface area contributed by atoms with Crippen molar-refractivity contribution in [2.45, 2.75) is 25.3 Å². The lowest BCUT2D eigenvalue weighted by Crippen LogP contribution is -2.64. The van der Waals surface area contributed by atoms with Crippen molar-refractivity contribution in [2.75, 3.05) is 25.5 Å². The van der Waals surface area contributed by atoms with Crippen LogP contribution in [-0.2, 0) is 5.54 Å². The van der Waals surface area contributed by atoms with Gasteiger partial charge in [0.1, 0.15) is 17.5 Å². The molecule has 1 saturated heterocycles. The molecule has 126 valence electrons. The van der Waals surface area contributed by atoms with E-state index in [0.29, 0.717) is 5.88 Å². The largest absolute Gasteiger partial charge is 0.346 e. The van der Waals surface area contributed by atoms with Crippen molar-refractivity contribution in [1.82, 2.24) is 29.6 Å². The van der Waals surface area contributed by atoms with Gasteiger partial charge in [0.2, 0.25) is 0 Å². The fraction of sp³-hybridized carbons (Fsp3) is 0.471. The molecule has 0 saturated carbocycles. The molecule has 0 aromatic carbocycles. The quantitative estimate of drug-likeness (QED) is 0.698. The van der Waals surface area contributed by atoms with Crippen LogP contribution in [0.4, 0.5) is 0 Å². The molecule has 24 heavy (non-hydrogen) atoms. The molecule has 7 heteroatoms. The summed E-state index contributed by atoms with van der Waals surface area (Å²) in [6, 6.07) is 2.00. The van der Waals surface area contributed by atoms with E-state index < -0.39 is 0 Å². The van der Waals surface area contributed by atoms with E-state index in [1.54, 1.807) is 6.33 Å². The summed E-state index contributed by atoms with van der Waals surface area (Å²) in [6.45, 7) is 5.28. The first kappa shape index (κ1) is 15.6. The van der Waals surface area contributed by atoms with Gasteiger partial charge in [0.25, 0.3) is 0 Å². The average molecular weight is 345 g/mol. The number of hydrogen-bond donors (Lipinski definition) is 1. The van der Waals surface area contributed by atoms with Crippen LogP contribution in [0.3, 0.4) is 0 Å². The number of aromatic amines is 1. The monoisotopic (exact) mass is 344 g/mol. The first-order chi connectivity index (χ1) is 11.8. The maximum Gasteiger partial charge on any atom is 0.141 e. The second-order valence-electron chi connectivity index (χ2n) is 6.56. The Morgan fingerprint density at radius 2 is 2.21 bits per heavy atom. The van der Waals surface area contributed by atoms with Crippen molar-refractivity contribution in [1.29, 1.82) is 0 Å². The van der Waals surface area contributed by atoms with Gasteiger partial charge in [-0.2, -0.15) is 5.10 Å². The molecule has 3 aromatic rings. The predicted octanol–water partition coefficient (Wildman–Crippen LogP) is 2.87. The van der Waals surface area contributed by atoms with Crippen LogP contribution in [0.25, 0.3) is 22.3 Å². The van der Waals surface area contributed by atoms with E-state index in [2.05, 4.69) is 38.1 Å². The number of likely N-dealkylation sites (tertiary alicyclic amines) is 1. The fourth-order valence-electron chi connectivity index (χ4n) is 3.42. The van der Waals surface area contributed by atoms with Crippen molar-refractivity contribution in [3.63, 3.8) is 0 Å². The maximum atomic E-state index is 6.31. The summed E-state index contributed by atoms with van der Waals surface area (Å²) in [6.07, 6.45) is 9.85. The molecule has 1 fully saturated rings. The fourth-order valence-corrected chi connectivity index (χ4v) is 3.72. The van der Waals surface area contributed by atoms with Gasteiger partial charge in [-0.05, 0) is 19.0 Å². The molecule has 0 atom stereocenters. The lowest BCUT2D eigenvalue weighted by Gasteiger charge is -2.49. The van der Waals surface area contributed by atoms with Crippen LogP contribution in [0.2, 0.25) is 0 Å². The molecule has 4 heterocycles. The summed E-state index contributed by atoms with van der Waals surface area (Å²) in [5, 5.41) is 5.61. The molecule has 0 unspecified atom stereocenters. The number of alkyl halides is 1. The number of unbranched alkanes of at least 4 members (excludes halogenated alkanes) is 1. The molecular formula is C17H21ClN6. The summed E-state index contributed by atoms with van der Waals surface area (Å²) in [4.78, 5) is 14.3. The van der Waals surface area contributed by atoms with Crippen LogP contribution in [0.15, 0.2) is 31.0 Å². The molecule has 3 aromatic heterocycles. The lowest BCUT2D eigenvalue weighted by molar-refractivity contribution is 0.0185. The molecule has 1 N–H and O–H groups in total. The number of aromatic nitrogens is 5. The molecule has 1 aliphatic heterocycles. The summed E-state index contributed by atoms with van der Waals surface area (Å²) in [5.41, 5.74) is 2.64. The molecule has 0 aliphatic carbocycles. The van der Waals surface area contributed by atoms with Crippen molar-refractivity contribution in [2.24, 2.45) is 0 Å². The molecule has 1 aliphatic rings. The van der Waals surface area contributed by atoms with E-state index >= 15 is 0 Å². The Labute approximate surface area is 145 Å². The van der Waals surface area contributed by atoms with Crippen LogP contribution in [0.5, 0.6) is 0 Å². The van der Waals surface area contributed by atoms with Gasteiger partial charge in [-0.25, -0.2) is 9.97 Å². The van der Waals surface area contributed by atoms with Gasteiger partial charge < -0.3 is 4.98 Å². The molecule has 6 nitrogen and oxygen atoms in total. The lowest BCUT2D eigenvalue weighted by atomic mass is 9.92. The van der Waals surface area contributed by atoms with Gasteiger partial charge in [0, 0.05) is 36.4 Å². The minimum absolute atomic E-state index is 0.0994. The molecule has 4 rings (SSSR count). The van der Waals surface area contributed by atoms with E-state index in [-0.39, 0.29) is 5.54 Å². The SMILES string of the molecule is CCCCN1CC(CCl)(n2cc(-c3ncnc4[nH]ccc34)cn2)C1. The van der Waals surface area contributed by atoms with Crippen molar-refractivity contribution >= 4 is 22.6 Å². The van der Waals surface area contributed by atoms with E-state index in [9.17, 15) is 0 Å². The maximum absolute atomic E-state index is 6.31. The van der Waals surface area contributed by atoms with E-state index in [4.69, 9.17) is 11.6 Å². The Balaban J connectivity index is 1.60. The van der Waals surface area contributed by atoms with Crippen LogP contribution in [0.1, 0.15) is 19.8 Å². The smallest absolute Gasteiger partial charge is 0.141 e. The summed E-state index contributed by atoms with van der Waals surface area (Å²) >= 11 is 6.31. The standard InChI is InChI=1S/C17H21ClN6/c1-2-3-6-23-10-17(9-18,11-23)24-8-13(7-22-24)15-14-4-5-19-16(14)21-12-20-15/h4-5,7-8,12H,2-3,6,9-11H2,1H3,(H,19,20,21). The van der Waals surface area contributed by atoms with Gasteiger partial charge in [-0.15, -0.1) is 11.6 Å². The minimum atomic E-state index is -0.0994. The van der Waals surface area contributed by atoms with Crippen LogP contribution in [0, 0.1) is 0 Å². The van der Waals surface area contributed by atoms with Crippen molar-refractivity contribution in [3.8, 4) is 11.3 Å². The number of H-pyrrole nitrogens is 1. The minimum Gasteiger partial charge on any atom is -0.346 e. The van der Waals surface area contributed by atoms with Crippen LogP contribution < -0.4 is 0 Å². The first-order valence-electron chi connectivity index (χ1n) is 8.38. The highest BCUT2D eigenvalue weighted by molar-refractivity contribution is 6.18. The predicted molar refractivity (Wildman–Crippen MR) is 95.2 cm³/mol. The van der Waals surface area contributed by atoms with E-state index in [0.717, 1.165) is 41.9 Å². The van der Waals surface area contributed by atoms with Crippen molar-refractivity contribution < 1.29 is 0 Å². The Hall–Kier alpha value is -1.92. The number of fused-ring (bicyclic) bond motifs is 1. The second-order valence-corrected chi connectivity index (χ2v) is 6.83. The molecule has 0 radical (unpaired) electrons. The average Bonchev–Trinajstić information content (AvgIpc) is 3.23. The third kappa shape index (κ3) is 2.50. The normalized spacial score (nSPS) is 17.2. The molecular weight excluding hydrogens is 324 g/mol.